The maximum Gasteiger partial charge on any atom is 0.185 e. The van der Waals surface area contributed by atoms with Crippen molar-refractivity contribution < 1.29 is 9.53 Å². The predicted octanol–water partition coefficient (Wildman–Crippen LogP) is 4.15. The summed E-state index contributed by atoms with van der Waals surface area (Å²) in [5.74, 6) is 0.858. The molecule has 2 heteroatoms. The smallest absolute Gasteiger partial charge is 0.185 e. The molecule has 0 aromatic heterocycles. The Morgan fingerprint density at radius 1 is 1.15 bits per heavy atom. The number of ketones is 1. The molecule has 0 fully saturated rings. The molecule has 102 valence electrons. The summed E-state index contributed by atoms with van der Waals surface area (Å²) < 4.78 is 5.22. The Morgan fingerprint density at radius 2 is 1.90 bits per heavy atom. The van der Waals surface area contributed by atoms with E-state index in [9.17, 15) is 4.79 Å². The highest BCUT2D eigenvalue weighted by Gasteiger charge is 2.03. The maximum absolute atomic E-state index is 12.0. The Labute approximate surface area is 119 Å². The van der Waals surface area contributed by atoms with Crippen LogP contribution in [0.3, 0.4) is 0 Å². The first-order chi connectivity index (χ1) is 9.74. The van der Waals surface area contributed by atoms with Gasteiger partial charge in [-0.2, -0.15) is 0 Å². The number of allylic oxidation sites excluding steroid dienone is 1. The summed E-state index contributed by atoms with van der Waals surface area (Å²) in [7, 11) is 1.66. The van der Waals surface area contributed by atoms with Gasteiger partial charge in [-0.05, 0) is 35.8 Å². The zero-order valence-electron chi connectivity index (χ0n) is 11.8. The van der Waals surface area contributed by atoms with Crippen LogP contribution in [0, 0.1) is 0 Å². The van der Waals surface area contributed by atoms with Gasteiger partial charge in [-0.1, -0.05) is 49.4 Å². The Hall–Kier alpha value is -2.35. The summed E-state index contributed by atoms with van der Waals surface area (Å²) in [6.07, 6.45) is 4.39. The lowest BCUT2D eigenvalue weighted by molar-refractivity contribution is 0.104. The molecular formula is C18H18O2. The molecule has 2 aromatic rings. The maximum atomic E-state index is 12.0. The van der Waals surface area contributed by atoms with Crippen molar-refractivity contribution in [1.29, 1.82) is 0 Å². The number of carbonyl (C=O) groups is 1. The van der Waals surface area contributed by atoms with Gasteiger partial charge in [-0.25, -0.2) is 0 Å². The molecule has 0 atom stereocenters. The van der Waals surface area contributed by atoms with E-state index in [0.717, 1.165) is 17.7 Å². The van der Waals surface area contributed by atoms with Crippen molar-refractivity contribution >= 4 is 11.9 Å². The first-order valence-corrected chi connectivity index (χ1v) is 6.69. The molecule has 0 radical (unpaired) electrons. The fourth-order valence-corrected chi connectivity index (χ4v) is 2.04. The molecule has 0 aliphatic heterocycles. The molecule has 0 aliphatic rings. The van der Waals surface area contributed by atoms with Crippen molar-refractivity contribution in [1.82, 2.24) is 0 Å². The summed E-state index contributed by atoms with van der Waals surface area (Å²) in [5, 5.41) is 0. The molecule has 0 unspecified atom stereocenters. The molecule has 2 aromatic carbocycles. The zero-order chi connectivity index (χ0) is 14.4. The second kappa shape index (κ2) is 6.71. The lowest BCUT2D eigenvalue weighted by Crippen LogP contribution is -1.94. The first-order valence-electron chi connectivity index (χ1n) is 6.69. The molecule has 0 N–H and O–H groups in total. The number of rotatable bonds is 5. The molecule has 0 bridgehead atoms. The van der Waals surface area contributed by atoms with E-state index in [1.807, 2.05) is 54.6 Å². The number of benzene rings is 2. The Morgan fingerprint density at radius 3 is 2.55 bits per heavy atom. The lowest BCUT2D eigenvalue weighted by atomic mass is 10.0. The number of ether oxygens (including phenoxy) is 1. The van der Waals surface area contributed by atoms with Gasteiger partial charge >= 0.3 is 0 Å². The van der Waals surface area contributed by atoms with Crippen LogP contribution in [-0.2, 0) is 6.42 Å². The van der Waals surface area contributed by atoms with Crippen molar-refractivity contribution in [3.8, 4) is 5.75 Å². The monoisotopic (exact) mass is 266 g/mol. The summed E-state index contributed by atoms with van der Waals surface area (Å²) in [5.41, 5.74) is 2.93. The van der Waals surface area contributed by atoms with Crippen molar-refractivity contribution in [3.63, 3.8) is 0 Å². The van der Waals surface area contributed by atoms with Gasteiger partial charge in [-0.15, -0.1) is 0 Å². The topological polar surface area (TPSA) is 26.3 Å². The van der Waals surface area contributed by atoms with Crippen LogP contribution in [0.2, 0.25) is 0 Å². The normalized spacial score (nSPS) is 10.7. The van der Waals surface area contributed by atoms with E-state index in [0.29, 0.717) is 5.56 Å². The van der Waals surface area contributed by atoms with Gasteiger partial charge in [0.1, 0.15) is 5.75 Å². The summed E-state index contributed by atoms with van der Waals surface area (Å²) in [6, 6.07) is 15.2. The SMILES string of the molecule is CCc1cc(OC)ccc1C=CC(=O)c1ccccc1. The molecule has 20 heavy (non-hydrogen) atoms. The minimum atomic E-state index is 0.0171. The van der Waals surface area contributed by atoms with Crippen LogP contribution in [0.1, 0.15) is 28.4 Å². The minimum Gasteiger partial charge on any atom is -0.497 e. The predicted molar refractivity (Wildman–Crippen MR) is 82.2 cm³/mol. The van der Waals surface area contributed by atoms with Gasteiger partial charge < -0.3 is 4.74 Å². The largest absolute Gasteiger partial charge is 0.497 e. The Kier molecular flexibility index (Phi) is 4.72. The number of methoxy groups -OCH3 is 1. The fourth-order valence-electron chi connectivity index (χ4n) is 2.04. The van der Waals surface area contributed by atoms with Gasteiger partial charge in [0.05, 0.1) is 7.11 Å². The van der Waals surface area contributed by atoms with Crippen LogP contribution in [0.4, 0.5) is 0 Å². The third kappa shape index (κ3) is 3.35. The van der Waals surface area contributed by atoms with Crippen molar-refractivity contribution in [2.75, 3.05) is 7.11 Å². The Balaban J connectivity index is 2.21. The summed E-state index contributed by atoms with van der Waals surface area (Å²) in [4.78, 5) is 12.0. The van der Waals surface area contributed by atoms with E-state index in [-0.39, 0.29) is 5.78 Å². The molecule has 0 heterocycles. The van der Waals surface area contributed by atoms with Gasteiger partial charge in [0.2, 0.25) is 0 Å². The first kappa shape index (κ1) is 14.1. The highest BCUT2D eigenvalue weighted by Crippen LogP contribution is 2.19. The molecule has 0 spiro atoms. The van der Waals surface area contributed by atoms with Gasteiger partial charge in [0.15, 0.2) is 5.78 Å². The number of carbonyl (C=O) groups excluding carboxylic acids is 1. The van der Waals surface area contributed by atoms with Crippen LogP contribution in [-0.4, -0.2) is 12.9 Å². The molecule has 0 amide bonds. The molecule has 0 aliphatic carbocycles. The van der Waals surface area contributed by atoms with Crippen molar-refractivity contribution in [2.24, 2.45) is 0 Å². The van der Waals surface area contributed by atoms with E-state index in [4.69, 9.17) is 4.74 Å². The number of aryl methyl sites for hydroxylation is 1. The molecular weight excluding hydrogens is 248 g/mol. The van der Waals surface area contributed by atoms with E-state index in [1.54, 1.807) is 13.2 Å². The quantitative estimate of drug-likeness (QED) is 0.600. The van der Waals surface area contributed by atoms with Crippen molar-refractivity contribution in [3.05, 3.63) is 71.3 Å². The van der Waals surface area contributed by atoms with Crippen LogP contribution >= 0.6 is 0 Å². The average Bonchev–Trinajstić information content (AvgIpc) is 2.53. The molecule has 0 saturated heterocycles. The van der Waals surface area contributed by atoms with E-state index in [2.05, 4.69) is 6.92 Å². The third-order valence-electron chi connectivity index (χ3n) is 3.20. The average molecular weight is 266 g/mol. The molecule has 2 rings (SSSR count). The highest BCUT2D eigenvalue weighted by molar-refractivity contribution is 6.06. The molecule has 2 nitrogen and oxygen atoms in total. The van der Waals surface area contributed by atoms with E-state index < -0.39 is 0 Å². The fraction of sp³-hybridized carbons (Fsp3) is 0.167. The standard InChI is InChI=1S/C18H18O2/c1-3-14-13-17(20-2)11-9-15(14)10-12-18(19)16-7-5-4-6-8-16/h4-13H,3H2,1-2H3. The summed E-state index contributed by atoms with van der Waals surface area (Å²) in [6.45, 7) is 2.09. The van der Waals surface area contributed by atoms with Crippen LogP contribution in [0.25, 0.3) is 6.08 Å². The number of hydrogen-bond donors (Lipinski definition) is 0. The van der Waals surface area contributed by atoms with E-state index >= 15 is 0 Å². The molecule has 0 saturated carbocycles. The third-order valence-corrected chi connectivity index (χ3v) is 3.20. The van der Waals surface area contributed by atoms with E-state index in [1.165, 1.54) is 5.56 Å². The summed E-state index contributed by atoms with van der Waals surface area (Å²) >= 11 is 0. The van der Waals surface area contributed by atoms with Crippen LogP contribution in [0.15, 0.2) is 54.6 Å². The van der Waals surface area contributed by atoms with Crippen molar-refractivity contribution in [2.45, 2.75) is 13.3 Å². The lowest BCUT2D eigenvalue weighted by Gasteiger charge is -2.06. The minimum absolute atomic E-state index is 0.0171. The second-order valence-electron chi connectivity index (χ2n) is 4.48. The Bertz CT molecular complexity index is 613. The van der Waals surface area contributed by atoms with Gasteiger partial charge in [0.25, 0.3) is 0 Å². The highest BCUT2D eigenvalue weighted by atomic mass is 16.5. The van der Waals surface area contributed by atoms with Crippen LogP contribution in [0.5, 0.6) is 5.75 Å². The number of hydrogen-bond acceptors (Lipinski definition) is 2. The van der Waals surface area contributed by atoms with Gasteiger partial charge in [-0.3, -0.25) is 4.79 Å². The zero-order valence-corrected chi connectivity index (χ0v) is 11.8. The second-order valence-corrected chi connectivity index (χ2v) is 4.48. The van der Waals surface area contributed by atoms with Crippen LogP contribution < -0.4 is 4.74 Å². The van der Waals surface area contributed by atoms with Gasteiger partial charge in [0, 0.05) is 5.56 Å².